The molecule has 0 spiro atoms. The van der Waals surface area contributed by atoms with Crippen LogP contribution in [0.3, 0.4) is 0 Å². The molecule has 0 bridgehead atoms. The van der Waals surface area contributed by atoms with E-state index in [-0.39, 0.29) is 0 Å². The molecule has 1 heterocycles. The maximum absolute atomic E-state index is 12.0. The maximum Gasteiger partial charge on any atom is 0.414 e. The topological polar surface area (TPSA) is 98.2 Å². The minimum atomic E-state index is -1.82. The van der Waals surface area contributed by atoms with Gasteiger partial charge in [-0.25, -0.2) is 9.59 Å². The minimum absolute atomic E-state index is 0.306. The molecule has 0 unspecified atom stereocenters. The lowest BCUT2D eigenvalue weighted by Gasteiger charge is -2.35. The first kappa shape index (κ1) is 22.1. The number of amides is 1. The summed E-state index contributed by atoms with van der Waals surface area (Å²) in [5.74, 6) is -2.90. The van der Waals surface area contributed by atoms with Crippen molar-refractivity contribution in [1.29, 1.82) is 0 Å². The van der Waals surface area contributed by atoms with E-state index in [0.717, 1.165) is 32.7 Å². The van der Waals surface area contributed by atoms with Crippen molar-refractivity contribution in [3.05, 3.63) is 34.3 Å². The highest BCUT2D eigenvalue weighted by atomic mass is 79.9. The van der Waals surface area contributed by atoms with Gasteiger partial charge in [-0.05, 0) is 17.5 Å². The first-order valence-corrected chi connectivity index (χ1v) is 9.19. The Morgan fingerprint density at radius 3 is 2.04 bits per heavy atom. The van der Waals surface area contributed by atoms with E-state index in [1.807, 2.05) is 11.0 Å². The number of hydrogen-bond acceptors (Lipinski definition) is 4. The molecule has 144 valence electrons. The summed E-state index contributed by atoms with van der Waals surface area (Å²) in [6, 6.07) is 8.34. The summed E-state index contributed by atoms with van der Waals surface area (Å²) in [7, 11) is 0. The molecule has 0 atom stereocenters. The number of carbonyl (C=O) groups is 3. The van der Waals surface area contributed by atoms with Crippen molar-refractivity contribution in [3.63, 3.8) is 0 Å². The first-order chi connectivity index (χ1) is 12.2. The molecule has 1 aromatic carbocycles. The van der Waals surface area contributed by atoms with Crippen LogP contribution in [0.15, 0.2) is 28.7 Å². The summed E-state index contributed by atoms with van der Waals surface area (Å²) in [6.07, 6.45) is 0.671. The average Bonchev–Trinajstić information content (AvgIpc) is 2.57. The summed E-state index contributed by atoms with van der Waals surface area (Å²) in [6.45, 7) is 8.79. The van der Waals surface area contributed by atoms with Gasteiger partial charge in [-0.15, -0.1) is 0 Å². The molecular weight excluding hydrogens is 404 g/mol. The second kappa shape index (κ2) is 10.9. The van der Waals surface area contributed by atoms with Gasteiger partial charge in [0.05, 0.1) is 0 Å². The van der Waals surface area contributed by atoms with E-state index < -0.39 is 11.9 Å². The zero-order valence-electron chi connectivity index (χ0n) is 15.0. The highest BCUT2D eigenvalue weighted by Gasteiger charge is 2.21. The van der Waals surface area contributed by atoms with Gasteiger partial charge in [0.2, 0.25) is 5.91 Å². The summed E-state index contributed by atoms with van der Waals surface area (Å²) in [5.41, 5.74) is 1.31. The fraction of sp³-hybridized carbons (Fsp3) is 0.500. The van der Waals surface area contributed by atoms with E-state index in [1.165, 1.54) is 10.0 Å². The Balaban J connectivity index is 0.000000487. The third kappa shape index (κ3) is 7.97. The monoisotopic (exact) mass is 428 g/mol. The van der Waals surface area contributed by atoms with Gasteiger partial charge in [-0.3, -0.25) is 9.69 Å². The van der Waals surface area contributed by atoms with Crippen LogP contribution in [0.25, 0.3) is 0 Å². The molecule has 0 aliphatic carbocycles. The largest absolute Gasteiger partial charge is 0.473 e. The molecular formula is C18H25BrN2O5. The Morgan fingerprint density at radius 1 is 1.04 bits per heavy atom. The van der Waals surface area contributed by atoms with Crippen molar-refractivity contribution in [2.24, 2.45) is 5.92 Å². The van der Waals surface area contributed by atoms with Crippen LogP contribution in [0.2, 0.25) is 0 Å². The number of benzene rings is 1. The van der Waals surface area contributed by atoms with Crippen molar-refractivity contribution >= 4 is 33.8 Å². The summed E-state index contributed by atoms with van der Waals surface area (Å²) >= 11 is 3.59. The fourth-order valence-corrected chi connectivity index (χ4v) is 2.91. The van der Waals surface area contributed by atoms with Gasteiger partial charge in [-0.1, -0.05) is 48.0 Å². The van der Waals surface area contributed by atoms with Gasteiger partial charge in [-0.2, -0.15) is 0 Å². The number of carboxylic acid groups (broad SMARTS) is 2. The predicted molar refractivity (Wildman–Crippen MR) is 101 cm³/mol. The van der Waals surface area contributed by atoms with Gasteiger partial charge < -0.3 is 15.1 Å². The van der Waals surface area contributed by atoms with Crippen molar-refractivity contribution in [3.8, 4) is 0 Å². The van der Waals surface area contributed by atoms with Gasteiger partial charge in [0.1, 0.15) is 0 Å². The van der Waals surface area contributed by atoms with E-state index in [4.69, 9.17) is 19.8 Å². The van der Waals surface area contributed by atoms with E-state index in [0.29, 0.717) is 18.2 Å². The Kier molecular flexibility index (Phi) is 9.29. The molecule has 7 nitrogen and oxygen atoms in total. The Hall–Kier alpha value is -1.93. The zero-order chi connectivity index (χ0) is 19.7. The molecule has 0 saturated carbocycles. The molecule has 26 heavy (non-hydrogen) atoms. The van der Waals surface area contributed by atoms with E-state index in [9.17, 15) is 4.79 Å². The Labute approximate surface area is 161 Å². The SMILES string of the molecule is CC(C)CC(=O)N1CCN(Cc2ccccc2Br)CC1.O=C(O)C(=O)O. The molecule has 1 saturated heterocycles. The predicted octanol–water partition coefficient (Wildman–Crippen LogP) is 2.29. The zero-order valence-corrected chi connectivity index (χ0v) is 16.6. The van der Waals surface area contributed by atoms with Crippen LogP contribution in [0, 0.1) is 5.92 Å². The molecule has 1 aliphatic rings. The summed E-state index contributed by atoms with van der Waals surface area (Å²) in [4.78, 5) is 34.7. The highest BCUT2D eigenvalue weighted by molar-refractivity contribution is 9.10. The molecule has 0 aromatic heterocycles. The summed E-state index contributed by atoms with van der Waals surface area (Å²) < 4.78 is 1.17. The van der Waals surface area contributed by atoms with Gasteiger partial charge in [0.15, 0.2) is 0 Å². The minimum Gasteiger partial charge on any atom is -0.473 e. The Bertz CT molecular complexity index is 616. The van der Waals surface area contributed by atoms with E-state index in [1.54, 1.807) is 0 Å². The van der Waals surface area contributed by atoms with E-state index in [2.05, 4.69) is 52.9 Å². The molecule has 8 heteroatoms. The van der Waals surface area contributed by atoms with Crippen LogP contribution in [0.4, 0.5) is 0 Å². The summed E-state index contributed by atoms with van der Waals surface area (Å²) in [5, 5.41) is 14.8. The number of nitrogens with zero attached hydrogens (tertiary/aromatic N) is 2. The Morgan fingerprint density at radius 2 is 1.58 bits per heavy atom. The fourth-order valence-electron chi connectivity index (χ4n) is 2.50. The molecule has 1 aliphatic heterocycles. The first-order valence-electron chi connectivity index (χ1n) is 8.40. The van der Waals surface area contributed by atoms with Crippen molar-refractivity contribution < 1.29 is 24.6 Å². The number of hydrogen-bond donors (Lipinski definition) is 2. The molecule has 2 rings (SSSR count). The van der Waals surface area contributed by atoms with Gasteiger partial charge >= 0.3 is 11.9 Å². The van der Waals surface area contributed by atoms with Crippen LogP contribution >= 0.6 is 15.9 Å². The number of piperazine rings is 1. The number of carboxylic acids is 2. The van der Waals surface area contributed by atoms with Crippen LogP contribution < -0.4 is 0 Å². The smallest absolute Gasteiger partial charge is 0.414 e. The standard InChI is InChI=1S/C16H23BrN2O.C2H2O4/c1-13(2)11-16(20)19-9-7-18(8-10-19)12-14-5-3-4-6-15(14)17;3-1(4)2(5)6/h3-6,13H,7-12H2,1-2H3;(H,3,4)(H,5,6). The van der Waals surface area contributed by atoms with Crippen molar-refractivity contribution in [2.45, 2.75) is 26.8 Å². The quantitative estimate of drug-likeness (QED) is 0.713. The lowest BCUT2D eigenvalue weighted by atomic mass is 10.1. The number of rotatable bonds is 4. The molecule has 1 amide bonds. The second-order valence-electron chi connectivity index (χ2n) is 6.46. The third-order valence-corrected chi connectivity index (χ3v) is 4.62. The number of carbonyl (C=O) groups excluding carboxylic acids is 1. The van der Waals surface area contributed by atoms with Crippen molar-refractivity contribution in [2.75, 3.05) is 26.2 Å². The van der Waals surface area contributed by atoms with Crippen LogP contribution in [-0.2, 0) is 20.9 Å². The highest BCUT2D eigenvalue weighted by Crippen LogP contribution is 2.18. The normalized spacial score (nSPS) is 14.5. The maximum atomic E-state index is 12.0. The number of aliphatic carboxylic acids is 2. The third-order valence-electron chi connectivity index (χ3n) is 3.84. The van der Waals surface area contributed by atoms with Crippen LogP contribution in [-0.4, -0.2) is 64.0 Å². The van der Waals surface area contributed by atoms with Gasteiger partial charge in [0, 0.05) is 43.6 Å². The molecule has 2 N–H and O–H groups in total. The molecule has 0 radical (unpaired) electrons. The lowest BCUT2D eigenvalue weighted by Crippen LogP contribution is -2.48. The van der Waals surface area contributed by atoms with Gasteiger partial charge in [0.25, 0.3) is 0 Å². The second-order valence-corrected chi connectivity index (χ2v) is 7.31. The molecule has 1 aromatic rings. The van der Waals surface area contributed by atoms with E-state index >= 15 is 0 Å². The molecule has 1 fully saturated rings. The van der Waals surface area contributed by atoms with Crippen molar-refractivity contribution in [1.82, 2.24) is 9.80 Å². The lowest BCUT2D eigenvalue weighted by molar-refractivity contribution is -0.159. The average molecular weight is 429 g/mol. The van der Waals surface area contributed by atoms with Crippen LogP contribution in [0.5, 0.6) is 0 Å². The van der Waals surface area contributed by atoms with Crippen LogP contribution in [0.1, 0.15) is 25.8 Å². The number of halogens is 1.